The summed E-state index contributed by atoms with van der Waals surface area (Å²) in [4.78, 5) is 4.18. The molecule has 0 spiro atoms. The molecule has 2 rings (SSSR count). The van der Waals surface area contributed by atoms with Gasteiger partial charge < -0.3 is 9.88 Å². The molecule has 0 aliphatic carbocycles. The van der Waals surface area contributed by atoms with Crippen molar-refractivity contribution in [1.29, 1.82) is 0 Å². The summed E-state index contributed by atoms with van der Waals surface area (Å²) in [7, 11) is 1.77. The van der Waals surface area contributed by atoms with Crippen LogP contribution in [0, 0.1) is 6.92 Å². The van der Waals surface area contributed by atoms with Crippen molar-refractivity contribution in [2.24, 2.45) is 7.05 Å². The van der Waals surface area contributed by atoms with Crippen molar-refractivity contribution >= 4 is 27.6 Å². The Morgan fingerprint density at radius 1 is 1.32 bits per heavy atom. The minimum Gasteiger partial charge on any atom is -0.326 e. The highest BCUT2D eigenvalue weighted by Gasteiger charge is 2.33. The van der Waals surface area contributed by atoms with Gasteiger partial charge in [0.1, 0.15) is 0 Å². The fourth-order valence-corrected chi connectivity index (χ4v) is 2.15. The molecular weight excluding hydrogens is 323 g/mol. The van der Waals surface area contributed by atoms with Gasteiger partial charge in [-0.2, -0.15) is 13.2 Å². The molecule has 0 bridgehead atoms. The average molecular weight is 334 g/mol. The number of hydrogen-bond donors (Lipinski definition) is 1. The maximum atomic E-state index is 12.8. The molecule has 102 valence electrons. The summed E-state index contributed by atoms with van der Waals surface area (Å²) in [6.07, 6.45) is -2.61. The van der Waals surface area contributed by atoms with E-state index in [1.165, 1.54) is 6.07 Å². The molecule has 0 atom stereocenters. The number of benzene rings is 1. The Morgan fingerprint density at radius 3 is 2.53 bits per heavy atom. The van der Waals surface area contributed by atoms with E-state index in [4.69, 9.17) is 0 Å². The molecule has 0 saturated carbocycles. The third-order valence-electron chi connectivity index (χ3n) is 2.52. The summed E-state index contributed by atoms with van der Waals surface area (Å²) < 4.78 is 40.0. The van der Waals surface area contributed by atoms with Crippen molar-refractivity contribution in [3.63, 3.8) is 0 Å². The van der Waals surface area contributed by atoms with Crippen LogP contribution in [-0.2, 0) is 13.2 Å². The molecule has 0 radical (unpaired) electrons. The zero-order valence-electron chi connectivity index (χ0n) is 10.2. The minimum absolute atomic E-state index is 0.0153. The van der Waals surface area contributed by atoms with E-state index in [1.54, 1.807) is 23.9 Å². The highest BCUT2D eigenvalue weighted by Crippen LogP contribution is 2.36. The van der Waals surface area contributed by atoms with Crippen molar-refractivity contribution in [2.75, 3.05) is 5.32 Å². The number of halogens is 4. The molecule has 3 nitrogen and oxygen atoms in total. The zero-order chi connectivity index (χ0) is 14.2. The number of alkyl halides is 3. The number of rotatable bonds is 2. The van der Waals surface area contributed by atoms with Crippen LogP contribution in [0.15, 0.2) is 28.9 Å². The molecule has 0 unspecified atom stereocenters. The predicted molar refractivity (Wildman–Crippen MR) is 70.4 cm³/mol. The van der Waals surface area contributed by atoms with Gasteiger partial charge in [-0.25, -0.2) is 4.98 Å². The second-order valence-electron chi connectivity index (χ2n) is 4.13. The number of anilines is 2. The molecule has 0 fully saturated rings. The fourth-order valence-electron chi connectivity index (χ4n) is 1.68. The van der Waals surface area contributed by atoms with Crippen LogP contribution < -0.4 is 5.32 Å². The summed E-state index contributed by atoms with van der Waals surface area (Å²) in [6.45, 7) is 1.81. The molecule has 19 heavy (non-hydrogen) atoms. The second kappa shape index (κ2) is 4.88. The maximum absolute atomic E-state index is 12.8. The third kappa shape index (κ3) is 3.09. The number of aryl methyl sites for hydroxylation is 2. The highest BCUT2D eigenvalue weighted by atomic mass is 79.9. The number of nitrogens with zero attached hydrogens (tertiary/aromatic N) is 2. The lowest BCUT2D eigenvalue weighted by Gasteiger charge is -2.12. The molecule has 0 aliphatic rings. The van der Waals surface area contributed by atoms with Gasteiger partial charge in [-0.3, -0.25) is 0 Å². The summed E-state index contributed by atoms with van der Waals surface area (Å²) >= 11 is 2.90. The fraction of sp³-hybridized carbons (Fsp3) is 0.250. The quantitative estimate of drug-likeness (QED) is 0.890. The topological polar surface area (TPSA) is 29.9 Å². The standard InChI is InChI=1S/C12H11BrF3N3/c1-7-6-19(2)11(17-7)18-8-3-4-10(13)9(5-8)12(14,15)16/h3-6H,1-2H3,(H,17,18). The van der Waals surface area contributed by atoms with E-state index in [0.29, 0.717) is 11.6 Å². The van der Waals surface area contributed by atoms with Gasteiger partial charge in [-0.1, -0.05) is 15.9 Å². The molecule has 7 heteroatoms. The smallest absolute Gasteiger partial charge is 0.326 e. The first-order chi connectivity index (χ1) is 8.77. The first kappa shape index (κ1) is 13.9. The molecule has 1 aromatic heterocycles. The van der Waals surface area contributed by atoms with Crippen molar-refractivity contribution < 1.29 is 13.2 Å². The van der Waals surface area contributed by atoms with E-state index in [1.807, 2.05) is 6.92 Å². The number of aromatic nitrogens is 2. The van der Waals surface area contributed by atoms with Crippen LogP contribution in [0.3, 0.4) is 0 Å². The van der Waals surface area contributed by atoms with Crippen LogP contribution in [0.4, 0.5) is 24.8 Å². The Hall–Kier alpha value is -1.50. The van der Waals surface area contributed by atoms with Crippen LogP contribution in [-0.4, -0.2) is 9.55 Å². The largest absolute Gasteiger partial charge is 0.417 e. The molecule has 0 saturated heterocycles. The lowest BCUT2D eigenvalue weighted by molar-refractivity contribution is -0.138. The first-order valence-corrected chi connectivity index (χ1v) is 6.20. The maximum Gasteiger partial charge on any atom is 0.417 e. The Kier molecular flexibility index (Phi) is 3.58. The number of hydrogen-bond acceptors (Lipinski definition) is 2. The first-order valence-electron chi connectivity index (χ1n) is 5.41. The van der Waals surface area contributed by atoms with Crippen LogP contribution in [0.5, 0.6) is 0 Å². The minimum atomic E-state index is -4.39. The van der Waals surface area contributed by atoms with Crippen LogP contribution >= 0.6 is 15.9 Å². The number of nitrogens with one attached hydrogen (secondary N) is 1. The average Bonchev–Trinajstić information content (AvgIpc) is 2.58. The molecule has 1 heterocycles. The zero-order valence-corrected chi connectivity index (χ0v) is 11.8. The molecular formula is C12H11BrF3N3. The molecule has 0 aliphatic heterocycles. The van der Waals surface area contributed by atoms with E-state index in [9.17, 15) is 13.2 Å². The van der Waals surface area contributed by atoms with E-state index in [-0.39, 0.29) is 4.47 Å². The molecule has 1 aromatic carbocycles. The van der Waals surface area contributed by atoms with Crippen molar-refractivity contribution in [3.05, 3.63) is 40.1 Å². The van der Waals surface area contributed by atoms with Gasteiger partial charge >= 0.3 is 6.18 Å². The summed E-state index contributed by atoms with van der Waals surface area (Å²) in [5.74, 6) is 0.493. The summed E-state index contributed by atoms with van der Waals surface area (Å²) in [5, 5.41) is 2.86. The second-order valence-corrected chi connectivity index (χ2v) is 4.99. The SMILES string of the molecule is Cc1cn(C)c(Nc2ccc(Br)c(C(F)(F)F)c2)n1. The van der Waals surface area contributed by atoms with E-state index in [0.717, 1.165) is 11.8 Å². The predicted octanol–water partition coefficient (Wildman–Crippen LogP) is 4.25. The summed E-state index contributed by atoms with van der Waals surface area (Å²) in [5.41, 5.74) is 0.408. The van der Waals surface area contributed by atoms with E-state index in [2.05, 4.69) is 26.2 Å². The van der Waals surface area contributed by atoms with E-state index >= 15 is 0 Å². The molecule has 2 aromatic rings. The Bertz CT molecular complexity index is 605. The third-order valence-corrected chi connectivity index (χ3v) is 3.22. The Labute approximate surface area is 116 Å². The van der Waals surface area contributed by atoms with Gasteiger partial charge in [-0.15, -0.1) is 0 Å². The highest BCUT2D eigenvalue weighted by molar-refractivity contribution is 9.10. The monoisotopic (exact) mass is 333 g/mol. The normalized spacial score (nSPS) is 11.7. The Balaban J connectivity index is 2.34. The Morgan fingerprint density at radius 2 is 2.00 bits per heavy atom. The van der Waals surface area contributed by atoms with Gasteiger partial charge in [0.15, 0.2) is 0 Å². The van der Waals surface area contributed by atoms with Crippen molar-refractivity contribution in [3.8, 4) is 0 Å². The van der Waals surface area contributed by atoms with Crippen molar-refractivity contribution in [1.82, 2.24) is 9.55 Å². The van der Waals surface area contributed by atoms with Crippen LogP contribution in [0.1, 0.15) is 11.3 Å². The number of imidazole rings is 1. The molecule has 0 amide bonds. The lowest BCUT2D eigenvalue weighted by Crippen LogP contribution is -2.07. The van der Waals surface area contributed by atoms with Crippen molar-refractivity contribution in [2.45, 2.75) is 13.1 Å². The van der Waals surface area contributed by atoms with Crippen LogP contribution in [0.2, 0.25) is 0 Å². The van der Waals surface area contributed by atoms with E-state index < -0.39 is 11.7 Å². The lowest BCUT2D eigenvalue weighted by atomic mass is 10.2. The van der Waals surface area contributed by atoms with Crippen LogP contribution in [0.25, 0.3) is 0 Å². The van der Waals surface area contributed by atoms with Gasteiger partial charge in [-0.05, 0) is 25.1 Å². The van der Waals surface area contributed by atoms with Gasteiger partial charge in [0, 0.05) is 23.4 Å². The van der Waals surface area contributed by atoms with Gasteiger partial charge in [0.25, 0.3) is 0 Å². The van der Waals surface area contributed by atoms with Gasteiger partial charge in [0.05, 0.1) is 11.3 Å². The molecule has 1 N–H and O–H groups in total. The van der Waals surface area contributed by atoms with Gasteiger partial charge in [0.2, 0.25) is 5.95 Å². The summed E-state index contributed by atoms with van der Waals surface area (Å²) in [6, 6.07) is 3.97.